The highest BCUT2D eigenvalue weighted by atomic mass is 35.5. The molecule has 3 aromatic carbocycles. The molecule has 0 aromatic heterocycles. The Morgan fingerprint density at radius 3 is 2.00 bits per heavy atom. The molecule has 110 valence electrons. The van der Waals surface area contributed by atoms with E-state index in [1.165, 1.54) is 22.3 Å². The molecular weight excluding hydrogens is 311 g/mol. The van der Waals surface area contributed by atoms with Gasteiger partial charge in [0.2, 0.25) is 0 Å². The van der Waals surface area contributed by atoms with Gasteiger partial charge >= 0.3 is 0 Å². The van der Waals surface area contributed by atoms with E-state index in [1.807, 2.05) is 12.1 Å². The van der Waals surface area contributed by atoms with Crippen molar-refractivity contribution in [1.82, 2.24) is 0 Å². The minimum Gasteiger partial charge on any atom is -0.0843 e. The van der Waals surface area contributed by atoms with Crippen LogP contribution in [0.25, 0.3) is 22.3 Å². The van der Waals surface area contributed by atoms with Crippen LogP contribution < -0.4 is 0 Å². The molecule has 0 atom stereocenters. The normalized spacial score (nSPS) is 10.7. The van der Waals surface area contributed by atoms with Gasteiger partial charge in [-0.15, -0.1) is 0 Å². The van der Waals surface area contributed by atoms with Crippen molar-refractivity contribution in [2.24, 2.45) is 0 Å². The summed E-state index contributed by atoms with van der Waals surface area (Å²) in [6.07, 6.45) is 0. The first kappa shape index (κ1) is 15.1. The Balaban J connectivity index is 2.08. The SMILES string of the molecule is Cc1ccccc1-c1ccc(-c2ccc(Cl)cc2Cl)cc1C. The van der Waals surface area contributed by atoms with Crippen LogP contribution in [0.15, 0.2) is 60.7 Å². The molecule has 0 aliphatic rings. The van der Waals surface area contributed by atoms with Crippen LogP contribution in [0.1, 0.15) is 11.1 Å². The van der Waals surface area contributed by atoms with Crippen molar-refractivity contribution in [2.75, 3.05) is 0 Å². The van der Waals surface area contributed by atoms with Crippen molar-refractivity contribution in [2.45, 2.75) is 13.8 Å². The topological polar surface area (TPSA) is 0 Å². The van der Waals surface area contributed by atoms with E-state index in [1.54, 1.807) is 6.07 Å². The first-order valence-corrected chi connectivity index (χ1v) is 7.94. The average molecular weight is 327 g/mol. The summed E-state index contributed by atoms with van der Waals surface area (Å²) < 4.78 is 0. The summed E-state index contributed by atoms with van der Waals surface area (Å²) in [7, 11) is 0. The Morgan fingerprint density at radius 2 is 1.32 bits per heavy atom. The third kappa shape index (κ3) is 2.90. The molecule has 0 fully saturated rings. The lowest BCUT2D eigenvalue weighted by Crippen LogP contribution is -1.88. The van der Waals surface area contributed by atoms with E-state index in [4.69, 9.17) is 23.2 Å². The molecule has 0 heterocycles. The van der Waals surface area contributed by atoms with Gasteiger partial charge in [0.05, 0.1) is 0 Å². The summed E-state index contributed by atoms with van der Waals surface area (Å²) in [4.78, 5) is 0. The van der Waals surface area contributed by atoms with Crippen LogP contribution in [0.2, 0.25) is 10.0 Å². The van der Waals surface area contributed by atoms with Crippen LogP contribution in [-0.2, 0) is 0 Å². The Bertz CT molecular complexity index is 835. The van der Waals surface area contributed by atoms with Crippen molar-refractivity contribution < 1.29 is 0 Å². The van der Waals surface area contributed by atoms with Crippen molar-refractivity contribution in [3.8, 4) is 22.3 Å². The largest absolute Gasteiger partial charge is 0.0843 e. The lowest BCUT2D eigenvalue weighted by atomic mass is 9.93. The zero-order valence-corrected chi connectivity index (χ0v) is 14.0. The van der Waals surface area contributed by atoms with Crippen LogP contribution in [0, 0.1) is 13.8 Å². The molecule has 0 radical (unpaired) electrons. The average Bonchev–Trinajstić information content (AvgIpc) is 2.48. The highest BCUT2D eigenvalue weighted by molar-refractivity contribution is 6.36. The molecule has 0 saturated heterocycles. The molecular formula is C20H16Cl2. The summed E-state index contributed by atoms with van der Waals surface area (Å²) in [5.41, 5.74) is 7.16. The van der Waals surface area contributed by atoms with Gasteiger partial charge in [0.15, 0.2) is 0 Å². The predicted octanol–water partition coefficient (Wildman–Crippen LogP) is 6.94. The van der Waals surface area contributed by atoms with E-state index in [9.17, 15) is 0 Å². The van der Waals surface area contributed by atoms with Gasteiger partial charge in [0.25, 0.3) is 0 Å². The van der Waals surface area contributed by atoms with Crippen molar-refractivity contribution in [3.05, 3.63) is 81.8 Å². The van der Waals surface area contributed by atoms with E-state index in [-0.39, 0.29) is 0 Å². The maximum atomic E-state index is 6.31. The maximum absolute atomic E-state index is 6.31. The second-order valence-electron chi connectivity index (χ2n) is 5.47. The fourth-order valence-corrected chi connectivity index (χ4v) is 3.25. The number of aryl methyl sites for hydroxylation is 2. The molecule has 22 heavy (non-hydrogen) atoms. The van der Waals surface area contributed by atoms with Crippen molar-refractivity contribution >= 4 is 23.2 Å². The smallest absolute Gasteiger partial charge is 0.0499 e. The summed E-state index contributed by atoms with van der Waals surface area (Å²) in [5.74, 6) is 0. The molecule has 0 N–H and O–H groups in total. The predicted molar refractivity (Wildman–Crippen MR) is 96.8 cm³/mol. The van der Waals surface area contributed by atoms with Crippen LogP contribution in [0.4, 0.5) is 0 Å². The molecule has 0 aliphatic heterocycles. The standard InChI is InChI=1S/C20H16Cl2/c1-13-5-3-4-6-17(13)18-9-7-15(11-14(18)2)19-10-8-16(21)12-20(19)22/h3-12H,1-2H3. The Labute approximate surface area is 141 Å². The molecule has 0 amide bonds. The van der Waals surface area contributed by atoms with Gasteiger partial charge in [0.1, 0.15) is 0 Å². The monoisotopic (exact) mass is 326 g/mol. The lowest BCUT2D eigenvalue weighted by Gasteiger charge is -2.12. The summed E-state index contributed by atoms with van der Waals surface area (Å²) in [6.45, 7) is 4.27. The Morgan fingerprint density at radius 1 is 0.636 bits per heavy atom. The van der Waals surface area contributed by atoms with E-state index >= 15 is 0 Å². The Hall–Kier alpha value is -1.76. The van der Waals surface area contributed by atoms with Crippen LogP contribution >= 0.6 is 23.2 Å². The second-order valence-corrected chi connectivity index (χ2v) is 6.31. The fourth-order valence-electron chi connectivity index (χ4n) is 2.73. The van der Waals surface area contributed by atoms with E-state index in [0.29, 0.717) is 10.0 Å². The Kier molecular flexibility index (Phi) is 4.24. The van der Waals surface area contributed by atoms with Crippen LogP contribution in [0.3, 0.4) is 0 Å². The molecule has 3 aromatic rings. The number of hydrogen-bond donors (Lipinski definition) is 0. The fraction of sp³-hybridized carbons (Fsp3) is 0.100. The van der Waals surface area contributed by atoms with Gasteiger partial charge in [-0.2, -0.15) is 0 Å². The first-order chi connectivity index (χ1) is 10.6. The number of halogens is 2. The third-order valence-corrected chi connectivity index (χ3v) is 4.45. The number of hydrogen-bond acceptors (Lipinski definition) is 0. The highest BCUT2D eigenvalue weighted by Crippen LogP contribution is 2.34. The zero-order chi connectivity index (χ0) is 15.7. The molecule has 3 rings (SSSR count). The van der Waals surface area contributed by atoms with Crippen molar-refractivity contribution in [1.29, 1.82) is 0 Å². The molecule has 2 heteroatoms. The molecule has 0 nitrogen and oxygen atoms in total. The summed E-state index contributed by atoms with van der Waals surface area (Å²) in [5, 5.41) is 1.33. The quantitative estimate of drug-likeness (QED) is 0.478. The van der Waals surface area contributed by atoms with Crippen LogP contribution in [-0.4, -0.2) is 0 Å². The highest BCUT2D eigenvalue weighted by Gasteiger charge is 2.09. The minimum atomic E-state index is 0.655. The molecule has 0 spiro atoms. The van der Waals surface area contributed by atoms with E-state index in [2.05, 4.69) is 56.3 Å². The number of rotatable bonds is 2. The summed E-state index contributed by atoms with van der Waals surface area (Å²) in [6, 6.07) is 20.5. The van der Waals surface area contributed by atoms with E-state index in [0.717, 1.165) is 11.1 Å². The van der Waals surface area contributed by atoms with Gasteiger partial charge in [-0.3, -0.25) is 0 Å². The van der Waals surface area contributed by atoms with Crippen LogP contribution in [0.5, 0.6) is 0 Å². The maximum Gasteiger partial charge on any atom is 0.0499 e. The van der Waals surface area contributed by atoms with Gasteiger partial charge < -0.3 is 0 Å². The van der Waals surface area contributed by atoms with Gasteiger partial charge in [-0.1, -0.05) is 71.7 Å². The first-order valence-electron chi connectivity index (χ1n) is 7.18. The van der Waals surface area contributed by atoms with E-state index < -0.39 is 0 Å². The third-order valence-electron chi connectivity index (χ3n) is 3.90. The molecule has 0 bridgehead atoms. The van der Waals surface area contributed by atoms with Crippen molar-refractivity contribution in [3.63, 3.8) is 0 Å². The lowest BCUT2D eigenvalue weighted by molar-refractivity contribution is 1.41. The molecule has 0 saturated carbocycles. The minimum absolute atomic E-state index is 0.655. The molecule has 0 aliphatic carbocycles. The zero-order valence-electron chi connectivity index (χ0n) is 12.5. The van der Waals surface area contributed by atoms with Gasteiger partial charge in [0, 0.05) is 15.6 Å². The molecule has 0 unspecified atom stereocenters. The number of benzene rings is 3. The van der Waals surface area contributed by atoms with Gasteiger partial charge in [-0.25, -0.2) is 0 Å². The summed E-state index contributed by atoms with van der Waals surface area (Å²) >= 11 is 12.3. The van der Waals surface area contributed by atoms with Gasteiger partial charge in [-0.05, 0) is 53.8 Å². The second kappa shape index (κ2) is 6.16.